The summed E-state index contributed by atoms with van der Waals surface area (Å²) in [7, 11) is 0. The Kier molecular flexibility index (Phi) is 2.02. The number of rotatable bonds is 1. The van der Waals surface area contributed by atoms with Gasteiger partial charge in [0.15, 0.2) is 0 Å². The first-order chi connectivity index (χ1) is 6.29. The highest BCUT2D eigenvalue weighted by Crippen LogP contribution is 2.21. The molecule has 1 fully saturated rings. The zero-order valence-corrected chi connectivity index (χ0v) is 7.23. The number of hydrogen-bond acceptors (Lipinski definition) is 2. The Labute approximate surface area is 76.9 Å². The molecule has 1 amide bonds. The van der Waals surface area contributed by atoms with E-state index in [4.69, 9.17) is 5.73 Å². The van der Waals surface area contributed by atoms with Crippen LogP contribution in [-0.2, 0) is 4.79 Å². The van der Waals surface area contributed by atoms with Crippen molar-refractivity contribution in [1.82, 2.24) is 5.32 Å². The standard InChI is InChI=1S/C10H12N2O/c11-9-8(6-12-10(9)13)7-4-2-1-3-5-7/h1-5,8-9H,6,11H2,(H,12,13)/t8-,9-/m0/s1. The molecule has 1 aliphatic heterocycles. The molecule has 0 aromatic heterocycles. The lowest BCUT2D eigenvalue weighted by molar-refractivity contribution is -0.120. The van der Waals surface area contributed by atoms with Crippen LogP contribution in [0.5, 0.6) is 0 Å². The smallest absolute Gasteiger partial charge is 0.237 e. The zero-order valence-electron chi connectivity index (χ0n) is 7.23. The van der Waals surface area contributed by atoms with E-state index in [0.29, 0.717) is 6.54 Å². The van der Waals surface area contributed by atoms with E-state index in [1.165, 1.54) is 0 Å². The van der Waals surface area contributed by atoms with Crippen molar-refractivity contribution in [3.8, 4) is 0 Å². The van der Waals surface area contributed by atoms with Crippen molar-refractivity contribution in [1.29, 1.82) is 0 Å². The van der Waals surface area contributed by atoms with E-state index >= 15 is 0 Å². The van der Waals surface area contributed by atoms with Crippen molar-refractivity contribution in [2.75, 3.05) is 6.54 Å². The van der Waals surface area contributed by atoms with E-state index in [0.717, 1.165) is 5.56 Å². The molecular weight excluding hydrogens is 164 g/mol. The van der Waals surface area contributed by atoms with E-state index in [2.05, 4.69) is 5.32 Å². The normalized spacial score (nSPS) is 27.3. The molecule has 3 N–H and O–H groups in total. The molecule has 13 heavy (non-hydrogen) atoms. The van der Waals surface area contributed by atoms with Crippen LogP contribution in [0.1, 0.15) is 11.5 Å². The molecule has 2 atom stereocenters. The summed E-state index contributed by atoms with van der Waals surface area (Å²) in [6, 6.07) is 9.51. The van der Waals surface area contributed by atoms with Crippen molar-refractivity contribution in [2.24, 2.45) is 5.73 Å². The molecule has 2 rings (SSSR count). The molecule has 3 heteroatoms. The Morgan fingerprint density at radius 1 is 1.31 bits per heavy atom. The van der Waals surface area contributed by atoms with E-state index in [-0.39, 0.29) is 17.9 Å². The van der Waals surface area contributed by atoms with E-state index in [9.17, 15) is 4.79 Å². The van der Waals surface area contributed by atoms with Crippen LogP contribution in [0.3, 0.4) is 0 Å². The Morgan fingerprint density at radius 3 is 2.54 bits per heavy atom. The van der Waals surface area contributed by atoms with Gasteiger partial charge in [0.25, 0.3) is 0 Å². The third-order valence-corrected chi connectivity index (χ3v) is 2.46. The van der Waals surface area contributed by atoms with Gasteiger partial charge in [-0.2, -0.15) is 0 Å². The average molecular weight is 176 g/mol. The minimum Gasteiger partial charge on any atom is -0.354 e. The highest BCUT2D eigenvalue weighted by atomic mass is 16.2. The van der Waals surface area contributed by atoms with Crippen LogP contribution in [0, 0.1) is 0 Å². The van der Waals surface area contributed by atoms with E-state index in [1.54, 1.807) is 0 Å². The third-order valence-electron chi connectivity index (χ3n) is 2.46. The van der Waals surface area contributed by atoms with Gasteiger partial charge in [0.05, 0.1) is 6.04 Å². The Balaban J connectivity index is 2.24. The fourth-order valence-corrected chi connectivity index (χ4v) is 1.66. The molecule has 0 aliphatic carbocycles. The lowest BCUT2D eigenvalue weighted by Crippen LogP contribution is -2.33. The largest absolute Gasteiger partial charge is 0.354 e. The summed E-state index contributed by atoms with van der Waals surface area (Å²) >= 11 is 0. The number of nitrogens with two attached hydrogens (primary N) is 1. The van der Waals surface area contributed by atoms with Crippen molar-refractivity contribution in [3.63, 3.8) is 0 Å². The first-order valence-electron chi connectivity index (χ1n) is 4.37. The Bertz CT molecular complexity index is 310. The van der Waals surface area contributed by atoms with Crippen LogP contribution in [0.15, 0.2) is 30.3 Å². The van der Waals surface area contributed by atoms with Gasteiger partial charge in [-0.15, -0.1) is 0 Å². The van der Waals surface area contributed by atoms with Gasteiger partial charge in [0.2, 0.25) is 5.91 Å². The number of amides is 1. The highest BCUT2D eigenvalue weighted by molar-refractivity contribution is 5.85. The minimum atomic E-state index is -0.387. The van der Waals surface area contributed by atoms with Crippen LogP contribution in [0.4, 0.5) is 0 Å². The molecule has 1 aromatic carbocycles. The molecule has 1 aromatic rings. The first-order valence-corrected chi connectivity index (χ1v) is 4.37. The number of nitrogens with one attached hydrogen (secondary N) is 1. The maximum absolute atomic E-state index is 11.1. The summed E-state index contributed by atoms with van der Waals surface area (Å²) in [5.74, 6) is 0.0857. The lowest BCUT2D eigenvalue weighted by Gasteiger charge is -2.11. The molecule has 0 unspecified atom stereocenters. The highest BCUT2D eigenvalue weighted by Gasteiger charge is 2.31. The molecule has 3 nitrogen and oxygen atoms in total. The fourth-order valence-electron chi connectivity index (χ4n) is 1.66. The van der Waals surface area contributed by atoms with E-state index in [1.807, 2.05) is 30.3 Å². The molecule has 68 valence electrons. The van der Waals surface area contributed by atoms with Gasteiger partial charge in [-0.1, -0.05) is 30.3 Å². The summed E-state index contributed by atoms with van der Waals surface area (Å²) in [5.41, 5.74) is 6.88. The second-order valence-electron chi connectivity index (χ2n) is 3.29. The molecule has 0 spiro atoms. The first kappa shape index (κ1) is 8.26. The van der Waals surface area contributed by atoms with Crippen LogP contribution in [-0.4, -0.2) is 18.5 Å². The van der Waals surface area contributed by atoms with E-state index < -0.39 is 0 Å². The maximum Gasteiger partial charge on any atom is 0.237 e. The second kappa shape index (κ2) is 3.18. The monoisotopic (exact) mass is 176 g/mol. The van der Waals surface area contributed by atoms with Gasteiger partial charge in [0, 0.05) is 12.5 Å². The Hall–Kier alpha value is -1.35. The molecule has 1 aliphatic rings. The van der Waals surface area contributed by atoms with Crippen molar-refractivity contribution < 1.29 is 4.79 Å². The second-order valence-corrected chi connectivity index (χ2v) is 3.29. The van der Waals surface area contributed by atoms with Gasteiger partial charge in [0.1, 0.15) is 0 Å². The average Bonchev–Trinajstić information content (AvgIpc) is 2.49. The van der Waals surface area contributed by atoms with Crippen molar-refractivity contribution in [3.05, 3.63) is 35.9 Å². The molecule has 0 saturated carbocycles. The topological polar surface area (TPSA) is 55.1 Å². The molecule has 1 saturated heterocycles. The molecular formula is C10H12N2O. The van der Waals surface area contributed by atoms with Crippen LogP contribution >= 0.6 is 0 Å². The van der Waals surface area contributed by atoms with Gasteiger partial charge in [-0.3, -0.25) is 4.79 Å². The van der Waals surface area contributed by atoms with Crippen molar-refractivity contribution >= 4 is 5.91 Å². The number of carbonyl (C=O) groups excluding carboxylic acids is 1. The lowest BCUT2D eigenvalue weighted by atomic mass is 9.95. The minimum absolute atomic E-state index is 0.0474. The zero-order chi connectivity index (χ0) is 9.26. The number of carbonyl (C=O) groups is 1. The van der Waals surface area contributed by atoms with Crippen molar-refractivity contribution in [2.45, 2.75) is 12.0 Å². The molecule has 0 bridgehead atoms. The van der Waals surface area contributed by atoms with Gasteiger partial charge in [-0.05, 0) is 5.56 Å². The number of hydrogen-bond donors (Lipinski definition) is 2. The van der Waals surface area contributed by atoms with Crippen LogP contribution in [0.25, 0.3) is 0 Å². The van der Waals surface area contributed by atoms with Crippen LogP contribution in [0.2, 0.25) is 0 Å². The molecule has 1 heterocycles. The quantitative estimate of drug-likeness (QED) is 0.643. The third kappa shape index (κ3) is 1.42. The molecule has 0 radical (unpaired) electrons. The SMILES string of the molecule is N[C@@H]1C(=O)NC[C@H]1c1ccccc1. The van der Waals surface area contributed by atoms with Gasteiger partial charge >= 0.3 is 0 Å². The fraction of sp³-hybridized carbons (Fsp3) is 0.300. The summed E-state index contributed by atoms with van der Waals surface area (Å²) in [4.78, 5) is 11.1. The Morgan fingerprint density at radius 2 is 2.00 bits per heavy atom. The van der Waals surface area contributed by atoms with Crippen LogP contribution < -0.4 is 11.1 Å². The summed E-state index contributed by atoms with van der Waals surface area (Å²) in [6.07, 6.45) is 0. The van der Waals surface area contributed by atoms with Gasteiger partial charge in [-0.25, -0.2) is 0 Å². The maximum atomic E-state index is 11.1. The predicted molar refractivity (Wildman–Crippen MR) is 50.2 cm³/mol. The van der Waals surface area contributed by atoms with Gasteiger partial charge < -0.3 is 11.1 Å². The summed E-state index contributed by atoms with van der Waals surface area (Å²) in [5, 5.41) is 2.75. The predicted octanol–water partition coefficient (Wildman–Crippen LogP) is 0.227. The summed E-state index contributed by atoms with van der Waals surface area (Å²) < 4.78 is 0. The number of benzene rings is 1. The summed E-state index contributed by atoms with van der Waals surface area (Å²) in [6.45, 7) is 0.657.